The molecule has 0 aliphatic heterocycles. The number of alkyl halides is 3. The summed E-state index contributed by atoms with van der Waals surface area (Å²) in [5.74, 6) is -3.01. The van der Waals surface area contributed by atoms with Crippen LogP contribution >= 0.6 is 0 Å². The molecule has 0 aromatic heterocycles. The van der Waals surface area contributed by atoms with Gasteiger partial charge in [-0.2, -0.15) is 13.2 Å². The quantitative estimate of drug-likeness (QED) is 0.346. The number of benzene rings is 1. The molecule has 0 saturated heterocycles. The molecule has 0 atom stereocenters. The van der Waals surface area contributed by atoms with E-state index in [0.29, 0.717) is 0 Å². The molecule has 0 heterocycles. The predicted molar refractivity (Wildman–Crippen MR) is 131 cm³/mol. The minimum absolute atomic E-state index is 0.155. The fourth-order valence-electron chi connectivity index (χ4n) is 2.84. The number of aliphatic carboxylic acids is 1. The highest BCUT2D eigenvalue weighted by Crippen LogP contribution is 2.24. The van der Waals surface area contributed by atoms with Crippen LogP contribution in [0.5, 0.6) is 0 Å². The summed E-state index contributed by atoms with van der Waals surface area (Å²) in [6.45, 7) is 6.50. The van der Waals surface area contributed by atoms with Crippen LogP contribution in [0.2, 0.25) is 0 Å². The largest absolute Gasteiger partial charge is 0.542 e. The summed E-state index contributed by atoms with van der Waals surface area (Å²) in [5.41, 5.74) is 7.95. The monoisotopic (exact) mass is 494 g/mol. The summed E-state index contributed by atoms with van der Waals surface area (Å²) in [4.78, 5) is 17.1. The molecular formula is C25H45F3N2O4. The van der Waals surface area contributed by atoms with E-state index in [1.165, 1.54) is 63.5 Å². The van der Waals surface area contributed by atoms with Gasteiger partial charge in [-0.1, -0.05) is 77.5 Å². The molecule has 0 bridgehead atoms. The Morgan fingerprint density at radius 2 is 1.24 bits per heavy atom. The van der Waals surface area contributed by atoms with Gasteiger partial charge in [0, 0.05) is 5.54 Å². The summed E-state index contributed by atoms with van der Waals surface area (Å²) in [7, 11) is 6.49. The van der Waals surface area contributed by atoms with Gasteiger partial charge in [-0.15, -0.1) is 0 Å². The zero-order valence-corrected chi connectivity index (χ0v) is 21.7. The second-order valence-electron chi connectivity index (χ2n) is 8.91. The number of carboxylic acids is 1. The number of unbranched alkanes of at least 4 members (excludes halogenated alkanes) is 3. The maximum Gasteiger partial charge on any atom is 0.430 e. The van der Waals surface area contributed by atoms with Gasteiger partial charge in [0.25, 0.3) is 6.47 Å². The molecule has 0 aliphatic carbocycles. The van der Waals surface area contributed by atoms with E-state index in [-0.39, 0.29) is 12.0 Å². The van der Waals surface area contributed by atoms with Crippen LogP contribution in [0.15, 0.2) is 30.3 Å². The number of halogens is 3. The molecule has 1 aromatic carbocycles. The average molecular weight is 495 g/mol. The third kappa shape index (κ3) is 23.0. The topological polar surface area (TPSA) is 103 Å². The number of carbonyl (C=O) groups is 2. The van der Waals surface area contributed by atoms with Gasteiger partial charge in [0.05, 0.1) is 21.1 Å². The molecule has 0 unspecified atom stereocenters. The lowest BCUT2D eigenvalue weighted by Crippen LogP contribution is -2.39. The van der Waals surface area contributed by atoms with Crippen molar-refractivity contribution in [2.75, 3.05) is 21.1 Å². The summed E-state index contributed by atoms with van der Waals surface area (Å²) in [6, 6.07) is 10.5. The Hall–Kier alpha value is -2.13. The van der Waals surface area contributed by atoms with Crippen LogP contribution in [-0.2, 0) is 9.59 Å². The highest BCUT2D eigenvalue weighted by Gasteiger charge is 2.28. The molecule has 0 spiro atoms. The second-order valence-corrected chi connectivity index (χ2v) is 8.91. The zero-order valence-electron chi connectivity index (χ0n) is 21.7. The first-order valence-electron chi connectivity index (χ1n) is 11.7. The van der Waals surface area contributed by atoms with Crippen molar-refractivity contribution in [2.45, 2.75) is 90.3 Å². The Bertz CT molecular complexity index is 597. The number of para-hydroxylation sites is 1. The van der Waals surface area contributed by atoms with E-state index in [9.17, 15) is 13.2 Å². The Labute approximate surface area is 203 Å². The highest BCUT2D eigenvalue weighted by atomic mass is 19.4. The first-order chi connectivity index (χ1) is 15.6. The van der Waals surface area contributed by atoms with Crippen LogP contribution in [0.4, 0.5) is 18.9 Å². The average Bonchev–Trinajstić information content (AvgIpc) is 2.76. The number of carbonyl (C=O) groups excluding carboxylic acids is 1. The van der Waals surface area contributed by atoms with Crippen LogP contribution in [0, 0.1) is 0 Å². The van der Waals surface area contributed by atoms with Gasteiger partial charge in [-0.05, 0) is 31.4 Å². The van der Waals surface area contributed by atoms with Crippen molar-refractivity contribution in [2.24, 2.45) is 5.73 Å². The van der Waals surface area contributed by atoms with Gasteiger partial charge in [0.2, 0.25) is 0 Å². The van der Waals surface area contributed by atoms with Crippen molar-refractivity contribution in [1.82, 2.24) is 4.48 Å². The van der Waals surface area contributed by atoms with E-state index in [0.717, 1.165) is 4.48 Å². The standard InChI is InChI=1S/C13H29N.C9H14N.C2HF3O2.CH2O2/c1-4-7-10-13(14,11-8-5-2)12-9-6-3;1-10(2,3)9-7-5-4-6-8-9;3-2(4,5)1(6)7;2-1-3/h4-12,14H2,1-3H3;4-8H,1-3H3;(H,6,7);1H,(H,2,3)/q;+1;;/p-1. The first kappa shape index (κ1) is 36.4. The maximum absolute atomic E-state index is 10.5. The van der Waals surface area contributed by atoms with E-state index >= 15 is 0 Å². The molecule has 1 aromatic rings. The van der Waals surface area contributed by atoms with Crippen molar-refractivity contribution >= 4 is 18.1 Å². The molecule has 6 nitrogen and oxygen atoms in total. The predicted octanol–water partition coefficient (Wildman–Crippen LogP) is 5.14. The fourth-order valence-corrected chi connectivity index (χ4v) is 2.84. The van der Waals surface area contributed by atoms with Crippen molar-refractivity contribution in [3.05, 3.63) is 30.3 Å². The number of hydrogen-bond donors (Lipinski definition) is 2. The van der Waals surface area contributed by atoms with E-state index < -0.39 is 12.1 Å². The lowest BCUT2D eigenvalue weighted by Gasteiger charge is -2.29. The summed E-state index contributed by atoms with van der Waals surface area (Å²) in [5, 5.41) is 15.7. The van der Waals surface area contributed by atoms with E-state index in [2.05, 4.69) is 66.2 Å². The van der Waals surface area contributed by atoms with Crippen molar-refractivity contribution in [3.63, 3.8) is 0 Å². The molecule has 200 valence electrons. The number of nitrogens with zero attached hydrogens (tertiary/aromatic N) is 1. The Morgan fingerprint density at radius 1 is 0.941 bits per heavy atom. The van der Waals surface area contributed by atoms with E-state index in [1.54, 1.807) is 0 Å². The normalized spacial score (nSPS) is 11.0. The minimum atomic E-state index is -5.19. The number of hydrogen-bond acceptors (Lipinski definition) is 4. The van der Waals surface area contributed by atoms with Crippen LogP contribution < -0.4 is 15.3 Å². The third-order valence-electron chi connectivity index (χ3n) is 4.85. The molecule has 0 fully saturated rings. The highest BCUT2D eigenvalue weighted by molar-refractivity contribution is 5.70. The summed E-state index contributed by atoms with van der Waals surface area (Å²) < 4.78 is 32.4. The molecule has 0 radical (unpaired) electrons. The van der Waals surface area contributed by atoms with E-state index in [1.807, 2.05) is 6.07 Å². The van der Waals surface area contributed by atoms with Crippen molar-refractivity contribution < 1.29 is 33.0 Å². The van der Waals surface area contributed by atoms with Crippen LogP contribution in [0.25, 0.3) is 0 Å². The SMILES string of the molecule is CCCCC(N)(CCCC)CCCC.C[N+](C)(C)c1ccccc1.O=C([O-])C(F)(F)F.O=CO. The van der Waals surface area contributed by atoms with Gasteiger partial charge in [-0.25, -0.2) is 0 Å². The van der Waals surface area contributed by atoms with E-state index in [4.69, 9.17) is 25.5 Å². The lowest BCUT2D eigenvalue weighted by atomic mass is 9.84. The number of carboxylic acid groups (broad SMARTS) is 2. The molecular weight excluding hydrogens is 449 g/mol. The molecule has 0 aliphatic rings. The van der Waals surface area contributed by atoms with Crippen molar-refractivity contribution in [1.29, 1.82) is 0 Å². The lowest BCUT2D eigenvalue weighted by molar-refractivity contribution is -0.344. The molecule has 0 amide bonds. The van der Waals surface area contributed by atoms with Gasteiger partial charge in [0.1, 0.15) is 11.7 Å². The maximum atomic E-state index is 10.5. The fraction of sp³-hybridized carbons (Fsp3) is 0.680. The van der Waals surface area contributed by atoms with Crippen LogP contribution in [-0.4, -0.2) is 50.4 Å². The number of rotatable bonds is 10. The smallest absolute Gasteiger partial charge is 0.430 e. The summed E-state index contributed by atoms with van der Waals surface area (Å²) >= 11 is 0. The molecule has 0 saturated carbocycles. The molecule has 9 heteroatoms. The van der Waals surface area contributed by atoms with Crippen LogP contribution in [0.1, 0.15) is 78.6 Å². The van der Waals surface area contributed by atoms with Gasteiger partial charge >= 0.3 is 6.18 Å². The first-order valence-corrected chi connectivity index (χ1v) is 11.7. The van der Waals surface area contributed by atoms with Crippen LogP contribution in [0.3, 0.4) is 0 Å². The molecule has 34 heavy (non-hydrogen) atoms. The third-order valence-corrected chi connectivity index (χ3v) is 4.85. The minimum Gasteiger partial charge on any atom is -0.542 e. The second kappa shape index (κ2) is 20.3. The summed E-state index contributed by atoms with van der Waals surface area (Å²) in [6.07, 6.45) is 6.19. The van der Waals surface area contributed by atoms with Gasteiger partial charge < -0.3 is 20.7 Å². The van der Waals surface area contributed by atoms with Crippen molar-refractivity contribution in [3.8, 4) is 0 Å². The van der Waals surface area contributed by atoms with Gasteiger partial charge in [-0.3, -0.25) is 9.28 Å². The Morgan fingerprint density at radius 3 is 1.41 bits per heavy atom. The Balaban J connectivity index is -0.000000420. The number of nitrogens with two attached hydrogens (primary N) is 1. The molecule has 1 rings (SSSR count). The molecule has 3 N–H and O–H groups in total. The number of quaternary nitrogens is 1. The Kier molecular flexibility index (Phi) is 21.7. The van der Waals surface area contributed by atoms with Gasteiger partial charge in [0.15, 0.2) is 0 Å². The zero-order chi connectivity index (χ0) is 27.3.